The lowest BCUT2D eigenvalue weighted by Gasteiger charge is -2.42. The molecule has 0 heterocycles. The van der Waals surface area contributed by atoms with Crippen molar-refractivity contribution in [2.75, 3.05) is 4.43 Å². The van der Waals surface area contributed by atoms with Crippen LogP contribution in [0, 0.1) is 11.3 Å². The van der Waals surface area contributed by atoms with Gasteiger partial charge in [0.15, 0.2) is 0 Å². The minimum Gasteiger partial charge on any atom is -0.444 e. The smallest absolute Gasteiger partial charge is 0.408 e. The minimum absolute atomic E-state index is 0.102. The van der Waals surface area contributed by atoms with Crippen LogP contribution in [0.1, 0.15) is 54.4 Å². The highest BCUT2D eigenvalue weighted by Crippen LogP contribution is 2.50. The molecule has 1 amide bonds. The molecule has 18 heavy (non-hydrogen) atoms. The lowest BCUT2D eigenvalue weighted by molar-refractivity contribution is 0.0361. The Morgan fingerprint density at radius 1 is 1.39 bits per heavy atom. The molecule has 106 valence electrons. The fourth-order valence-electron chi connectivity index (χ4n) is 2.62. The maximum absolute atomic E-state index is 12.0. The van der Waals surface area contributed by atoms with E-state index >= 15 is 0 Å². The van der Waals surface area contributed by atoms with E-state index in [1.54, 1.807) is 0 Å². The Kier molecular flexibility index (Phi) is 4.62. The fourth-order valence-corrected chi connectivity index (χ4v) is 4.16. The molecule has 0 aliphatic heterocycles. The molecule has 2 atom stereocenters. The van der Waals surface area contributed by atoms with Crippen LogP contribution in [-0.4, -0.2) is 21.7 Å². The lowest BCUT2D eigenvalue weighted by atomic mass is 9.72. The number of carbonyl (C=O) groups excluding carboxylic acids is 1. The monoisotopic (exact) mass is 367 g/mol. The molecule has 1 fully saturated rings. The quantitative estimate of drug-likeness (QED) is 0.589. The van der Waals surface area contributed by atoms with E-state index in [2.05, 4.69) is 48.7 Å². The van der Waals surface area contributed by atoms with Gasteiger partial charge in [-0.25, -0.2) is 4.79 Å². The van der Waals surface area contributed by atoms with Gasteiger partial charge in [0.05, 0.1) is 0 Å². The van der Waals surface area contributed by atoms with E-state index in [-0.39, 0.29) is 17.0 Å². The zero-order valence-electron chi connectivity index (χ0n) is 12.4. The molecule has 1 rings (SSSR count). The first-order chi connectivity index (χ1) is 8.02. The number of amides is 1. The van der Waals surface area contributed by atoms with Crippen molar-refractivity contribution in [3.8, 4) is 0 Å². The van der Waals surface area contributed by atoms with Crippen molar-refractivity contribution in [1.29, 1.82) is 0 Å². The summed E-state index contributed by atoms with van der Waals surface area (Å²) in [6.07, 6.45) is 1.89. The van der Waals surface area contributed by atoms with Crippen LogP contribution in [-0.2, 0) is 4.74 Å². The first-order valence-electron chi connectivity index (χ1n) is 6.59. The summed E-state index contributed by atoms with van der Waals surface area (Å²) in [6, 6.07) is 0. The summed E-state index contributed by atoms with van der Waals surface area (Å²) < 4.78 is 6.51. The number of carbonyl (C=O) groups is 1. The molecule has 0 bridgehead atoms. The Labute approximate surface area is 125 Å². The molecule has 0 saturated heterocycles. The van der Waals surface area contributed by atoms with E-state index in [1.165, 1.54) is 6.42 Å². The Morgan fingerprint density at radius 2 is 1.94 bits per heavy atom. The van der Waals surface area contributed by atoms with E-state index in [9.17, 15) is 4.79 Å². The summed E-state index contributed by atoms with van der Waals surface area (Å²) in [5.41, 5.74) is -0.512. The molecule has 0 aromatic rings. The van der Waals surface area contributed by atoms with Gasteiger partial charge in [0.2, 0.25) is 0 Å². The number of alkyl carbamates (subject to hydrolysis) is 1. The molecule has 1 N–H and O–H groups in total. The summed E-state index contributed by atoms with van der Waals surface area (Å²) >= 11 is 2.44. The zero-order valence-corrected chi connectivity index (χ0v) is 14.6. The highest BCUT2D eigenvalue weighted by molar-refractivity contribution is 14.1. The van der Waals surface area contributed by atoms with Crippen molar-refractivity contribution >= 4 is 28.7 Å². The molecule has 0 spiro atoms. The van der Waals surface area contributed by atoms with Crippen molar-refractivity contribution in [1.82, 2.24) is 5.32 Å². The average Bonchev–Trinajstić information content (AvgIpc) is 2.34. The van der Waals surface area contributed by atoms with Gasteiger partial charge in [0.25, 0.3) is 0 Å². The van der Waals surface area contributed by atoms with E-state index in [0.717, 1.165) is 10.8 Å². The Hall–Kier alpha value is 0. The third-order valence-electron chi connectivity index (χ3n) is 4.40. The number of alkyl halides is 1. The second kappa shape index (κ2) is 5.17. The Balaban J connectivity index is 2.74. The second-order valence-corrected chi connectivity index (χ2v) is 7.95. The maximum Gasteiger partial charge on any atom is 0.408 e. The van der Waals surface area contributed by atoms with Crippen molar-refractivity contribution in [2.45, 2.75) is 65.5 Å². The van der Waals surface area contributed by atoms with Gasteiger partial charge in [0, 0.05) is 9.97 Å². The second-order valence-electron chi connectivity index (χ2n) is 7.07. The molecule has 4 heteroatoms. The standard InChI is InChI=1S/C14H26INO2/c1-12(2,3)18-11(17)16-14(6)8-7-10(9-15)13(14,4)5/h10H,7-9H2,1-6H3,(H,16,17). The number of nitrogens with one attached hydrogen (secondary N) is 1. The van der Waals surface area contributed by atoms with Gasteiger partial charge in [-0.2, -0.15) is 0 Å². The molecule has 2 unspecified atom stereocenters. The van der Waals surface area contributed by atoms with Gasteiger partial charge in [-0.3, -0.25) is 0 Å². The van der Waals surface area contributed by atoms with Gasteiger partial charge < -0.3 is 10.1 Å². The Morgan fingerprint density at radius 3 is 2.33 bits per heavy atom. The molecular formula is C14H26INO2. The largest absolute Gasteiger partial charge is 0.444 e. The summed E-state index contributed by atoms with van der Waals surface area (Å²) in [5, 5.41) is 3.10. The van der Waals surface area contributed by atoms with Gasteiger partial charge in [-0.1, -0.05) is 36.4 Å². The minimum atomic E-state index is -0.439. The van der Waals surface area contributed by atoms with Gasteiger partial charge in [-0.15, -0.1) is 0 Å². The van der Waals surface area contributed by atoms with Crippen LogP contribution in [0.4, 0.5) is 4.79 Å². The predicted molar refractivity (Wildman–Crippen MR) is 83.2 cm³/mol. The van der Waals surface area contributed by atoms with Crippen LogP contribution in [0.5, 0.6) is 0 Å². The normalized spacial score (nSPS) is 31.2. The highest BCUT2D eigenvalue weighted by Gasteiger charge is 2.52. The first-order valence-corrected chi connectivity index (χ1v) is 8.11. The predicted octanol–water partition coefficient (Wildman–Crippen LogP) is 4.14. The highest BCUT2D eigenvalue weighted by atomic mass is 127. The van der Waals surface area contributed by atoms with E-state index in [4.69, 9.17) is 4.74 Å². The maximum atomic E-state index is 12.0. The molecule has 1 aliphatic rings. The van der Waals surface area contributed by atoms with Gasteiger partial charge >= 0.3 is 6.09 Å². The van der Waals surface area contributed by atoms with Crippen LogP contribution in [0.25, 0.3) is 0 Å². The van der Waals surface area contributed by atoms with Gasteiger partial charge in [-0.05, 0) is 51.9 Å². The molecule has 0 aromatic heterocycles. The third kappa shape index (κ3) is 3.31. The summed E-state index contributed by atoms with van der Waals surface area (Å²) in [4.78, 5) is 12.0. The van der Waals surface area contributed by atoms with Crippen molar-refractivity contribution in [3.63, 3.8) is 0 Å². The number of halogens is 1. The molecule has 0 radical (unpaired) electrons. The third-order valence-corrected chi connectivity index (χ3v) is 5.46. The average molecular weight is 367 g/mol. The van der Waals surface area contributed by atoms with E-state index in [1.807, 2.05) is 20.8 Å². The molecule has 1 aliphatic carbocycles. The van der Waals surface area contributed by atoms with Crippen LogP contribution < -0.4 is 5.32 Å². The van der Waals surface area contributed by atoms with Crippen LogP contribution in [0.2, 0.25) is 0 Å². The molecule has 0 aromatic carbocycles. The molecular weight excluding hydrogens is 341 g/mol. The first kappa shape index (κ1) is 16.1. The van der Waals surface area contributed by atoms with Crippen molar-refractivity contribution < 1.29 is 9.53 Å². The number of hydrogen-bond acceptors (Lipinski definition) is 2. The fraction of sp³-hybridized carbons (Fsp3) is 0.929. The van der Waals surface area contributed by atoms with Crippen LogP contribution >= 0.6 is 22.6 Å². The topological polar surface area (TPSA) is 38.3 Å². The number of hydrogen-bond donors (Lipinski definition) is 1. The van der Waals surface area contributed by atoms with E-state index in [0.29, 0.717) is 5.92 Å². The summed E-state index contributed by atoms with van der Waals surface area (Å²) in [6.45, 7) is 12.3. The van der Waals surface area contributed by atoms with Crippen molar-refractivity contribution in [2.24, 2.45) is 11.3 Å². The van der Waals surface area contributed by atoms with Crippen LogP contribution in [0.3, 0.4) is 0 Å². The molecule has 1 saturated carbocycles. The number of rotatable bonds is 2. The number of ether oxygens (including phenoxy) is 1. The zero-order chi connectivity index (χ0) is 14.2. The SMILES string of the molecule is CC(C)(C)OC(=O)NC1(C)CCC(CI)C1(C)C. The van der Waals surface area contributed by atoms with E-state index < -0.39 is 5.60 Å². The van der Waals surface area contributed by atoms with Crippen LogP contribution in [0.15, 0.2) is 0 Å². The lowest BCUT2D eigenvalue weighted by Crippen LogP contribution is -2.55. The van der Waals surface area contributed by atoms with Crippen molar-refractivity contribution in [3.05, 3.63) is 0 Å². The Bertz CT molecular complexity index is 322. The summed E-state index contributed by atoms with van der Waals surface area (Å²) in [7, 11) is 0. The molecule has 3 nitrogen and oxygen atoms in total. The summed E-state index contributed by atoms with van der Waals surface area (Å²) in [5.74, 6) is 0.651. The van der Waals surface area contributed by atoms with Gasteiger partial charge in [0.1, 0.15) is 5.60 Å².